The van der Waals surface area contributed by atoms with E-state index in [1.54, 1.807) is 0 Å². The predicted molar refractivity (Wildman–Crippen MR) is 125 cm³/mol. The summed E-state index contributed by atoms with van der Waals surface area (Å²) in [4.78, 5) is 26.2. The number of carbonyl (C=O) groups is 2. The van der Waals surface area contributed by atoms with Crippen LogP contribution in [0.25, 0.3) is 0 Å². The minimum absolute atomic E-state index is 0.110. The van der Waals surface area contributed by atoms with E-state index in [9.17, 15) is 9.59 Å². The van der Waals surface area contributed by atoms with Gasteiger partial charge in [-0.25, -0.2) is 4.79 Å². The van der Waals surface area contributed by atoms with Crippen LogP contribution in [0.15, 0.2) is 24.3 Å². The van der Waals surface area contributed by atoms with Gasteiger partial charge in [-0.15, -0.1) is 11.3 Å². The maximum atomic E-state index is 12.6. The molecule has 3 rings (SSSR count). The van der Waals surface area contributed by atoms with Gasteiger partial charge in [0, 0.05) is 4.88 Å². The summed E-state index contributed by atoms with van der Waals surface area (Å²) in [6.07, 6.45) is 4.89. The maximum Gasteiger partial charge on any atom is 0.341 e. The van der Waals surface area contributed by atoms with Crippen LogP contribution in [0.5, 0.6) is 5.75 Å². The van der Waals surface area contributed by atoms with Crippen molar-refractivity contribution in [3.05, 3.63) is 45.8 Å². The van der Waals surface area contributed by atoms with Gasteiger partial charge in [0.05, 0.1) is 12.7 Å². The summed E-state index contributed by atoms with van der Waals surface area (Å²) in [6, 6.07) is 7.80. The van der Waals surface area contributed by atoms with Gasteiger partial charge in [-0.05, 0) is 60.3 Å². The Hall–Kier alpha value is -2.34. The number of aryl methyl sites for hydroxylation is 1. The maximum absolute atomic E-state index is 12.6. The highest BCUT2D eigenvalue weighted by molar-refractivity contribution is 7.17. The molecule has 1 aromatic heterocycles. The Labute approximate surface area is 189 Å². The van der Waals surface area contributed by atoms with Crippen molar-refractivity contribution in [2.75, 3.05) is 19.0 Å². The van der Waals surface area contributed by atoms with Gasteiger partial charge in [0.2, 0.25) is 0 Å². The van der Waals surface area contributed by atoms with Crippen LogP contribution in [0.3, 0.4) is 0 Å². The molecule has 168 valence electrons. The molecule has 0 fully saturated rings. The van der Waals surface area contributed by atoms with Crippen LogP contribution >= 0.6 is 11.3 Å². The third-order valence-corrected chi connectivity index (χ3v) is 7.13. The van der Waals surface area contributed by atoms with Crippen molar-refractivity contribution in [3.8, 4) is 5.75 Å². The molecule has 1 amide bonds. The SMILES string of the molecule is CCCc1ccc(OCC(=O)Nc2sc3c(c2C(=O)OC)CCC(C(C)(C)C)C3)cc1. The third kappa shape index (κ3) is 5.67. The molecule has 0 spiro atoms. The highest BCUT2D eigenvalue weighted by atomic mass is 32.1. The zero-order chi connectivity index (χ0) is 22.6. The summed E-state index contributed by atoms with van der Waals surface area (Å²) in [5.41, 5.74) is 2.99. The van der Waals surface area contributed by atoms with Gasteiger partial charge in [-0.2, -0.15) is 0 Å². The van der Waals surface area contributed by atoms with Crippen molar-refractivity contribution in [3.63, 3.8) is 0 Å². The van der Waals surface area contributed by atoms with Crippen molar-refractivity contribution in [2.24, 2.45) is 11.3 Å². The van der Waals surface area contributed by atoms with Crippen molar-refractivity contribution < 1.29 is 19.1 Å². The van der Waals surface area contributed by atoms with Crippen LogP contribution in [-0.4, -0.2) is 25.6 Å². The smallest absolute Gasteiger partial charge is 0.341 e. The van der Waals surface area contributed by atoms with Crippen LogP contribution in [-0.2, 0) is 28.8 Å². The van der Waals surface area contributed by atoms with Crippen molar-refractivity contribution >= 4 is 28.2 Å². The summed E-state index contributed by atoms with van der Waals surface area (Å²) >= 11 is 1.49. The van der Waals surface area contributed by atoms with Gasteiger partial charge in [0.1, 0.15) is 10.8 Å². The summed E-state index contributed by atoms with van der Waals surface area (Å²) < 4.78 is 10.7. The molecule has 5 nitrogen and oxygen atoms in total. The molecule has 0 radical (unpaired) electrons. The number of esters is 1. The molecular weight excluding hydrogens is 410 g/mol. The number of carbonyl (C=O) groups excluding carboxylic acids is 2. The van der Waals surface area contributed by atoms with E-state index in [2.05, 4.69) is 33.0 Å². The van der Waals surface area contributed by atoms with E-state index in [1.165, 1.54) is 28.9 Å². The van der Waals surface area contributed by atoms with E-state index < -0.39 is 5.97 Å². The van der Waals surface area contributed by atoms with E-state index in [1.807, 2.05) is 24.3 Å². The fourth-order valence-corrected chi connectivity index (χ4v) is 5.42. The fraction of sp³-hybridized carbons (Fsp3) is 0.520. The minimum atomic E-state index is -0.394. The van der Waals surface area contributed by atoms with Crippen LogP contribution in [0.2, 0.25) is 0 Å². The van der Waals surface area contributed by atoms with E-state index in [-0.39, 0.29) is 17.9 Å². The van der Waals surface area contributed by atoms with Gasteiger partial charge in [-0.1, -0.05) is 46.2 Å². The second-order valence-electron chi connectivity index (χ2n) is 9.24. The second-order valence-corrected chi connectivity index (χ2v) is 10.3. The van der Waals surface area contributed by atoms with E-state index in [0.717, 1.165) is 37.7 Å². The van der Waals surface area contributed by atoms with Crippen molar-refractivity contribution in [1.29, 1.82) is 0 Å². The number of methoxy groups -OCH3 is 1. The van der Waals surface area contributed by atoms with Gasteiger partial charge in [-0.3, -0.25) is 4.79 Å². The minimum Gasteiger partial charge on any atom is -0.484 e. The standard InChI is InChI=1S/C25H33NO4S/c1-6-7-16-8-11-18(12-9-16)30-15-21(27)26-23-22(24(28)29-5)19-13-10-17(25(2,3)4)14-20(19)31-23/h8-9,11-12,17H,6-7,10,13-15H2,1-5H3,(H,26,27). The number of nitrogens with one attached hydrogen (secondary N) is 1. The number of thiophene rings is 1. The third-order valence-electron chi connectivity index (χ3n) is 5.96. The van der Waals surface area contributed by atoms with Gasteiger partial charge >= 0.3 is 5.97 Å². The topological polar surface area (TPSA) is 64.6 Å². The van der Waals surface area contributed by atoms with E-state index in [4.69, 9.17) is 9.47 Å². The summed E-state index contributed by atoms with van der Waals surface area (Å²) in [7, 11) is 1.38. The Bertz CT molecular complexity index is 924. The number of hydrogen-bond acceptors (Lipinski definition) is 5. The van der Waals surface area contributed by atoms with Crippen LogP contribution in [0.1, 0.15) is 66.9 Å². The lowest BCUT2D eigenvalue weighted by Gasteiger charge is -2.33. The van der Waals surface area contributed by atoms with Gasteiger partial charge < -0.3 is 14.8 Å². The first-order valence-corrected chi connectivity index (χ1v) is 11.8. The van der Waals surface area contributed by atoms with Crippen LogP contribution in [0.4, 0.5) is 5.00 Å². The molecule has 0 aliphatic heterocycles. The van der Waals surface area contributed by atoms with Crippen LogP contribution < -0.4 is 10.1 Å². The molecule has 1 atom stereocenters. The largest absolute Gasteiger partial charge is 0.484 e. The zero-order valence-electron chi connectivity index (χ0n) is 19.2. The lowest BCUT2D eigenvalue weighted by molar-refractivity contribution is -0.118. The number of ether oxygens (including phenoxy) is 2. The van der Waals surface area contributed by atoms with Gasteiger partial charge in [0.25, 0.3) is 5.91 Å². The predicted octanol–water partition coefficient (Wildman–Crippen LogP) is 5.66. The lowest BCUT2D eigenvalue weighted by Crippen LogP contribution is -2.26. The van der Waals surface area contributed by atoms with Crippen molar-refractivity contribution in [2.45, 2.75) is 59.8 Å². The summed E-state index contributed by atoms with van der Waals surface area (Å²) in [5, 5.41) is 3.46. The molecule has 0 saturated heterocycles. The molecule has 1 aromatic carbocycles. The molecular formula is C25H33NO4S. The Kier molecular flexibility index (Phi) is 7.42. The van der Waals surface area contributed by atoms with E-state index >= 15 is 0 Å². The number of hydrogen-bond donors (Lipinski definition) is 1. The van der Waals surface area contributed by atoms with E-state index in [0.29, 0.717) is 22.2 Å². The molecule has 0 bridgehead atoms. The lowest BCUT2D eigenvalue weighted by atomic mass is 9.72. The fourth-order valence-electron chi connectivity index (χ4n) is 4.08. The molecule has 1 N–H and O–H groups in total. The van der Waals surface area contributed by atoms with Crippen molar-refractivity contribution in [1.82, 2.24) is 0 Å². The zero-order valence-corrected chi connectivity index (χ0v) is 20.0. The summed E-state index contributed by atoms with van der Waals surface area (Å²) in [6.45, 7) is 8.80. The number of rotatable bonds is 7. The summed E-state index contributed by atoms with van der Waals surface area (Å²) in [5.74, 6) is 0.525. The number of anilines is 1. The molecule has 1 aliphatic carbocycles. The molecule has 2 aromatic rings. The highest BCUT2D eigenvalue weighted by Crippen LogP contribution is 2.44. The normalized spacial score (nSPS) is 15.8. The second kappa shape index (κ2) is 9.86. The molecule has 31 heavy (non-hydrogen) atoms. The Balaban J connectivity index is 1.71. The Morgan fingerprint density at radius 1 is 1.19 bits per heavy atom. The quantitative estimate of drug-likeness (QED) is 0.561. The molecule has 6 heteroatoms. The first kappa shape index (κ1) is 23.3. The molecule has 1 heterocycles. The molecule has 0 saturated carbocycles. The van der Waals surface area contributed by atoms with Gasteiger partial charge in [0.15, 0.2) is 6.61 Å². The average molecular weight is 444 g/mol. The molecule has 1 aliphatic rings. The number of fused-ring (bicyclic) bond motifs is 1. The Morgan fingerprint density at radius 3 is 2.52 bits per heavy atom. The monoisotopic (exact) mass is 443 g/mol. The first-order valence-electron chi connectivity index (χ1n) is 11.0. The number of benzene rings is 1. The Morgan fingerprint density at radius 2 is 1.90 bits per heavy atom. The average Bonchev–Trinajstić information content (AvgIpc) is 3.09. The number of amides is 1. The molecule has 1 unspecified atom stereocenters. The highest BCUT2D eigenvalue weighted by Gasteiger charge is 2.34. The van der Waals surface area contributed by atoms with Crippen LogP contribution in [0, 0.1) is 11.3 Å². The first-order chi connectivity index (χ1) is 14.7.